The molecule has 0 N–H and O–H groups in total. The van der Waals surface area contributed by atoms with Crippen LogP contribution in [0.1, 0.15) is 6.42 Å². The van der Waals surface area contributed by atoms with Crippen LogP contribution < -0.4 is 0 Å². The minimum absolute atomic E-state index is 0.0772. The van der Waals surface area contributed by atoms with Gasteiger partial charge in [0, 0.05) is 30.6 Å². The van der Waals surface area contributed by atoms with Crippen molar-refractivity contribution < 1.29 is 13.5 Å². The number of nitrogens with zero attached hydrogens (tertiary/aromatic N) is 1. The van der Waals surface area contributed by atoms with Crippen LogP contribution in [0.5, 0.6) is 0 Å². The second kappa shape index (κ2) is 3.84. The molecule has 1 saturated heterocycles. The zero-order valence-electron chi connectivity index (χ0n) is 7.93. The molecule has 2 atom stereocenters. The maximum atomic E-state index is 10.7. The van der Waals surface area contributed by atoms with Crippen molar-refractivity contribution in [1.29, 1.82) is 0 Å². The molecule has 0 bridgehead atoms. The molecule has 4 nitrogen and oxygen atoms in total. The van der Waals surface area contributed by atoms with Crippen LogP contribution in [0.3, 0.4) is 0 Å². The number of likely N-dealkylation sites (N-methyl/N-ethyl adjacent to an activating group) is 1. The van der Waals surface area contributed by atoms with Gasteiger partial charge in [-0.1, -0.05) is 0 Å². The Kier molecular flexibility index (Phi) is 2.71. The third kappa shape index (κ3) is 1.75. The van der Waals surface area contributed by atoms with E-state index in [9.17, 15) is 8.76 Å². The summed E-state index contributed by atoms with van der Waals surface area (Å²) in [6.07, 6.45) is 3.87. The quantitative estimate of drug-likeness (QED) is 0.592. The summed E-state index contributed by atoms with van der Waals surface area (Å²) in [5, 5.41) is 0. The van der Waals surface area contributed by atoms with Crippen LogP contribution >= 0.6 is 0 Å². The highest BCUT2D eigenvalue weighted by molar-refractivity contribution is 7.83. The van der Waals surface area contributed by atoms with E-state index >= 15 is 0 Å². The fourth-order valence-corrected chi connectivity index (χ4v) is 2.21. The van der Waals surface area contributed by atoms with Crippen molar-refractivity contribution in [2.75, 3.05) is 20.2 Å². The SMILES string of the molecule is CN1CCOC2CC(S(=O)[O-])=CC=C21. The van der Waals surface area contributed by atoms with Crippen molar-refractivity contribution in [3.05, 3.63) is 22.8 Å². The number of rotatable bonds is 1. The molecule has 0 aromatic carbocycles. The first-order valence-electron chi connectivity index (χ1n) is 4.51. The van der Waals surface area contributed by atoms with E-state index < -0.39 is 11.1 Å². The van der Waals surface area contributed by atoms with E-state index in [4.69, 9.17) is 4.74 Å². The minimum atomic E-state index is -2.11. The van der Waals surface area contributed by atoms with Gasteiger partial charge in [0.25, 0.3) is 0 Å². The van der Waals surface area contributed by atoms with Crippen molar-refractivity contribution in [2.24, 2.45) is 0 Å². The highest BCUT2D eigenvalue weighted by atomic mass is 32.2. The fraction of sp³-hybridized carbons (Fsp3) is 0.556. The van der Waals surface area contributed by atoms with E-state index in [0.717, 1.165) is 12.2 Å². The van der Waals surface area contributed by atoms with Gasteiger partial charge in [-0.05, 0) is 23.2 Å². The lowest BCUT2D eigenvalue weighted by Gasteiger charge is -2.36. The topological polar surface area (TPSA) is 52.6 Å². The monoisotopic (exact) mass is 214 g/mol. The van der Waals surface area contributed by atoms with Crippen LogP contribution in [-0.4, -0.2) is 40.0 Å². The summed E-state index contributed by atoms with van der Waals surface area (Å²) in [4.78, 5) is 2.53. The molecule has 0 aromatic heterocycles. The molecule has 0 amide bonds. The molecule has 2 unspecified atom stereocenters. The van der Waals surface area contributed by atoms with Gasteiger partial charge >= 0.3 is 0 Å². The number of hydrogen-bond donors (Lipinski definition) is 0. The van der Waals surface area contributed by atoms with Crippen molar-refractivity contribution >= 4 is 11.1 Å². The van der Waals surface area contributed by atoms with Crippen LogP contribution in [0.25, 0.3) is 0 Å². The summed E-state index contributed by atoms with van der Waals surface area (Å²) in [6, 6.07) is 0. The molecule has 78 valence electrons. The van der Waals surface area contributed by atoms with E-state index in [1.807, 2.05) is 13.1 Å². The average Bonchev–Trinajstić information content (AvgIpc) is 2.17. The van der Waals surface area contributed by atoms with Gasteiger partial charge in [-0.2, -0.15) is 0 Å². The lowest BCUT2D eigenvalue weighted by atomic mass is 10.1. The Balaban J connectivity index is 2.23. The maximum absolute atomic E-state index is 10.7. The molecule has 2 aliphatic rings. The highest BCUT2D eigenvalue weighted by Gasteiger charge is 2.26. The molecule has 0 aromatic rings. The van der Waals surface area contributed by atoms with Gasteiger partial charge in [0.05, 0.1) is 6.61 Å². The first-order chi connectivity index (χ1) is 6.68. The second-order valence-electron chi connectivity index (χ2n) is 3.44. The Morgan fingerprint density at radius 3 is 3.14 bits per heavy atom. The Morgan fingerprint density at radius 2 is 2.43 bits per heavy atom. The molecule has 5 heteroatoms. The van der Waals surface area contributed by atoms with Crippen molar-refractivity contribution in [1.82, 2.24) is 4.90 Å². The molecule has 0 spiro atoms. The summed E-state index contributed by atoms with van der Waals surface area (Å²) in [7, 11) is 1.99. The molecule has 0 radical (unpaired) electrons. The van der Waals surface area contributed by atoms with Gasteiger partial charge in [0.2, 0.25) is 0 Å². The predicted octanol–water partition coefficient (Wildman–Crippen LogP) is 0.368. The Labute approximate surface area is 85.5 Å². The van der Waals surface area contributed by atoms with Crippen molar-refractivity contribution in [3.63, 3.8) is 0 Å². The van der Waals surface area contributed by atoms with Crippen LogP contribution in [0.15, 0.2) is 22.8 Å². The Bertz CT molecular complexity index is 324. The van der Waals surface area contributed by atoms with Gasteiger partial charge in [-0.15, -0.1) is 0 Å². The molecule has 1 aliphatic carbocycles. The van der Waals surface area contributed by atoms with E-state index in [2.05, 4.69) is 4.90 Å². The molecule has 0 saturated carbocycles. The average molecular weight is 214 g/mol. The van der Waals surface area contributed by atoms with Crippen LogP contribution in [-0.2, 0) is 15.8 Å². The van der Waals surface area contributed by atoms with Gasteiger partial charge in [0.15, 0.2) is 0 Å². The zero-order valence-corrected chi connectivity index (χ0v) is 8.75. The van der Waals surface area contributed by atoms with E-state index in [-0.39, 0.29) is 6.10 Å². The maximum Gasteiger partial charge on any atom is 0.102 e. The normalized spacial score (nSPS) is 29.0. The molecule has 2 rings (SSSR count). The Morgan fingerprint density at radius 1 is 1.64 bits per heavy atom. The van der Waals surface area contributed by atoms with E-state index in [0.29, 0.717) is 17.9 Å². The molecule has 1 heterocycles. The van der Waals surface area contributed by atoms with E-state index in [1.165, 1.54) is 0 Å². The van der Waals surface area contributed by atoms with Crippen LogP contribution in [0.4, 0.5) is 0 Å². The first-order valence-corrected chi connectivity index (χ1v) is 5.58. The molecule has 1 aliphatic heterocycles. The summed E-state index contributed by atoms with van der Waals surface area (Å²) in [5.74, 6) is 0. The number of fused-ring (bicyclic) bond motifs is 1. The number of allylic oxidation sites excluding steroid dienone is 2. The van der Waals surface area contributed by atoms with Crippen LogP contribution in [0, 0.1) is 0 Å². The first kappa shape index (κ1) is 9.89. The van der Waals surface area contributed by atoms with Gasteiger partial charge in [-0.25, -0.2) is 0 Å². The third-order valence-corrected chi connectivity index (χ3v) is 3.29. The van der Waals surface area contributed by atoms with Gasteiger partial charge < -0.3 is 14.2 Å². The Hall–Kier alpha value is -0.650. The lowest BCUT2D eigenvalue weighted by molar-refractivity contribution is 0.0155. The smallest absolute Gasteiger partial charge is 0.102 e. The second-order valence-corrected chi connectivity index (χ2v) is 4.44. The highest BCUT2D eigenvalue weighted by Crippen LogP contribution is 2.27. The molecule has 14 heavy (non-hydrogen) atoms. The lowest BCUT2D eigenvalue weighted by Crippen LogP contribution is -2.39. The van der Waals surface area contributed by atoms with Crippen LogP contribution in [0.2, 0.25) is 0 Å². The predicted molar refractivity (Wildman–Crippen MR) is 52.1 cm³/mol. The summed E-state index contributed by atoms with van der Waals surface area (Å²) < 4.78 is 27.0. The van der Waals surface area contributed by atoms with Gasteiger partial charge in [-0.3, -0.25) is 4.21 Å². The van der Waals surface area contributed by atoms with E-state index in [1.54, 1.807) is 6.08 Å². The number of ether oxygens (including phenoxy) is 1. The minimum Gasteiger partial charge on any atom is -0.769 e. The van der Waals surface area contributed by atoms with Crippen molar-refractivity contribution in [3.8, 4) is 0 Å². The summed E-state index contributed by atoms with van der Waals surface area (Å²) >= 11 is -2.11. The van der Waals surface area contributed by atoms with Gasteiger partial charge in [0.1, 0.15) is 6.10 Å². The summed E-state index contributed by atoms with van der Waals surface area (Å²) in [6.45, 7) is 1.53. The molecular weight excluding hydrogens is 202 g/mol. The zero-order chi connectivity index (χ0) is 10.1. The largest absolute Gasteiger partial charge is 0.769 e. The summed E-state index contributed by atoms with van der Waals surface area (Å²) in [5.41, 5.74) is 1.07. The number of morpholine rings is 1. The third-order valence-electron chi connectivity index (χ3n) is 2.56. The number of hydrogen-bond acceptors (Lipinski definition) is 4. The fourth-order valence-electron chi connectivity index (χ4n) is 1.74. The molecule has 1 fully saturated rings. The molecular formula is C9H12NO3S-. The standard InChI is InChI=1S/C9H13NO3S/c1-10-4-5-13-9-6-7(14(11)12)2-3-8(9)10/h2-3,9H,4-6H2,1H3,(H,11,12)/p-1. The van der Waals surface area contributed by atoms with Crippen molar-refractivity contribution in [2.45, 2.75) is 12.5 Å².